The Morgan fingerprint density at radius 3 is 2.76 bits per heavy atom. The number of aliphatic hydroxyl groups is 1. The van der Waals surface area contributed by atoms with Gasteiger partial charge in [-0.05, 0) is 12.1 Å². The second-order valence-electron chi connectivity index (χ2n) is 3.58. The van der Waals surface area contributed by atoms with Crippen LogP contribution in [-0.4, -0.2) is 32.0 Å². The summed E-state index contributed by atoms with van der Waals surface area (Å²) in [5.41, 5.74) is 0.241. The molecule has 1 aromatic carbocycles. The summed E-state index contributed by atoms with van der Waals surface area (Å²) in [6.07, 6.45) is -0.544. The average molecular weight is 263 g/mol. The van der Waals surface area contributed by atoms with Gasteiger partial charge in [0.2, 0.25) is 0 Å². The lowest BCUT2D eigenvalue weighted by molar-refractivity contribution is 0.0468. The fraction of sp³-hybridized carbons (Fsp3) is 0.500. The minimum atomic E-state index is -0.880. The summed E-state index contributed by atoms with van der Waals surface area (Å²) in [7, 11) is 1.58. The van der Waals surface area contributed by atoms with Crippen LogP contribution >= 0.6 is 11.6 Å². The minimum Gasteiger partial charge on any atom is -0.388 e. The number of halogens is 2. The quantitative estimate of drug-likeness (QED) is 0.768. The molecule has 1 aromatic rings. The molecule has 0 heterocycles. The lowest BCUT2D eigenvalue weighted by Crippen LogP contribution is -2.08. The summed E-state index contributed by atoms with van der Waals surface area (Å²) in [6, 6.07) is 4.22. The predicted octanol–water partition coefficient (Wildman–Crippen LogP) is 2.57. The zero-order chi connectivity index (χ0) is 12.7. The number of methoxy groups -OCH3 is 1. The van der Waals surface area contributed by atoms with Crippen molar-refractivity contribution >= 4 is 11.6 Å². The maximum absolute atomic E-state index is 13.4. The van der Waals surface area contributed by atoms with Gasteiger partial charge in [0.15, 0.2) is 0 Å². The summed E-state index contributed by atoms with van der Waals surface area (Å²) in [5, 5.41) is 10.1. The monoisotopic (exact) mass is 262 g/mol. The van der Waals surface area contributed by atoms with Crippen molar-refractivity contribution in [3.8, 4) is 0 Å². The fourth-order valence-electron chi connectivity index (χ4n) is 1.37. The molecule has 0 aromatic heterocycles. The van der Waals surface area contributed by atoms with Crippen LogP contribution in [0, 0.1) is 5.82 Å². The predicted molar refractivity (Wildman–Crippen MR) is 63.7 cm³/mol. The van der Waals surface area contributed by atoms with E-state index in [1.54, 1.807) is 13.2 Å². The summed E-state index contributed by atoms with van der Waals surface area (Å²) in [5.74, 6) is -0.498. The van der Waals surface area contributed by atoms with Crippen LogP contribution in [0.2, 0.25) is 5.02 Å². The highest BCUT2D eigenvalue weighted by Gasteiger charge is 2.12. The molecule has 0 aliphatic rings. The van der Waals surface area contributed by atoms with Crippen molar-refractivity contribution in [2.75, 3.05) is 26.9 Å². The second-order valence-corrected chi connectivity index (χ2v) is 4.01. The summed E-state index contributed by atoms with van der Waals surface area (Å²) >= 11 is 5.62. The van der Waals surface area contributed by atoms with Gasteiger partial charge in [-0.25, -0.2) is 4.39 Å². The van der Waals surface area contributed by atoms with E-state index < -0.39 is 11.9 Å². The first-order chi connectivity index (χ1) is 8.15. The van der Waals surface area contributed by atoms with Crippen molar-refractivity contribution in [3.63, 3.8) is 0 Å². The van der Waals surface area contributed by atoms with Crippen LogP contribution in [0.5, 0.6) is 0 Å². The number of aliphatic hydroxyl groups excluding tert-OH is 1. The van der Waals surface area contributed by atoms with Gasteiger partial charge in [-0.15, -0.1) is 0 Å². The average Bonchev–Trinajstić information content (AvgIpc) is 2.28. The maximum Gasteiger partial charge on any atom is 0.130 e. The molecule has 1 atom stereocenters. The van der Waals surface area contributed by atoms with Gasteiger partial charge < -0.3 is 14.6 Å². The summed E-state index contributed by atoms with van der Waals surface area (Å²) in [4.78, 5) is 0. The van der Waals surface area contributed by atoms with Crippen molar-refractivity contribution in [3.05, 3.63) is 34.6 Å². The number of hydrogen-bond donors (Lipinski definition) is 1. The highest BCUT2D eigenvalue weighted by Crippen LogP contribution is 2.22. The Bertz CT molecular complexity index is 347. The van der Waals surface area contributed by atoms with Gasteiger partial charge in [0.25, 0.3) is 0 Å². The molecule has 0 aliphatic heterocycles. The highest BCUT2D eigenvalue weighted by molar-refractivity contribution is 6.30. The van der Waals surface area contributed by atoms with Crippen LogP contribution in [-0.2, 0) is 9.47 Å². The molecular formula is C12H16ClFO3. The Hall–Kier alpha value is -0.680. The number of hydrogen-bond acceptors (Lipinski definition) is 3. The van der Waals surface area contributed by atoms with E-state index in [1.165, 1.54) is 12.1 Å². The third kappa shape index (κ3) is 5.00. The van der Waals surface area contributed by atoms with E-state index in [4.69, 9.17) is 21.1 Å². The molecule has 0 spiro atoms. The Labute approximate surface area is 105 Å². The molecule has 0 saturated heterocycles. The van der Waals surface area contributed by atoms with Crippen molar-refractivity contribution in [1.82, 2.24) is 0 Å². The van der Waals surface area contributed by atoms with Crippen LogP contribution in [0.3, 0.4) is 0 Å². The van der Waals surface area contributed by atoms with Gasteiger partial charge >= 0.3 is 0 Å². The largest absolute Gasteiger partial charge is 0.388 e. The first-order valence-corrected chi connectivity index (χ1v) is 5.72. The highest BCUT2D eigenvalue weighted by atomic mass is 35.5. The molecule has 0 aliphatic carbocycles. The molecule has 0 amide bonds. The summed E-state index contributed by atoms with van der Waals surface area (Å²) < 4.78 is 23.4. The molecule has 1 N–H and O–H groups in total. The molecule has 0 bridgehead atoms. The molecule has 1 unspecified atom stereocenters. The Morgan fingerprint density at radius 2 is 2.12 bits per heavy atom. The van der Waals surface area contributed by atoms with Gasteiger partial charge in [0.05, 0.1) is 19.3 Å². The van der Waals surface area contributed by atoms with Gasteiger partial charge in [0, 0.05) is 30.7 Å². The molecular weight excluding hydrogens is 247 g/mol. The van der Waals surface area contributed by atoms with Crippen LogP contribution in [0.15, 0.2) is 18.2 Å². The Balaban J connectivity index is 2.38. The van der Waals surface area contributed by atoms with Crippen molar-refractivity contribution in [1.29, 1.82) is 0 Å². The van der Waals surface area contributed by atoms with Crippen LogP contribution in [0.1, 0.15) is 18.1 Å². The van der Waals surface area contributed by atoms with E-state index in [9.17, 15) is 9.50 Å². The third-order valence-corrected chi connectivity index (χ3v) is 2.52. The lowest BCUT2D eigenvalue weighted by atomic mass is 10.1. The fourth-order valence-corrected chi connectivity index (χ4v) is 1.53. The number of benzene rings is 1. The number of ether oxygens (including phenoxy) is 2. The second kappa shape index (κ2) is 7.61. The SMILES string of the molecule is COCCOCCC(O)c1ccc(Cl)cc1F. The Morgan fingerprint density at radius 1 is 1.35 bits per heavy atom. The maximum atomic E-state index is 13.4. The zero-order valence-electron chi connectivity index (χ0n) is 9.66. The Kier molecular flexibility index (Phi) is 6.44. The van der Waals surface area contributed by atoms with Gasteiger partial charge in [-0.2, -0.15) is 0 Å². The van der Waals surface area contributed by atoms with Crippen LogP contribution in [0.4, 0.5) is 4.39 Å². The van der Waals surface area contributed by atoms with E-state index >= 15 is 0 Å². The molecule has 17 heavy (non-hydrogen) atoms. The van der Waals surface area contributed by atoms with Crippen LogP contribution < -0.4 is 0 Å². The van der Waals surface area contributed by atoms with E-state index in [2.05, 4.69) is 0 Å². The van der Waals surface area contributed by atoms with E-state index in [0.717, 1.165) is 0 Å². The van der Waals surface area contributed by atoms with E-state index in [-0.39, 0.29) is 5.56 Å². The first kappa shape index (κ1) is 14.4. The van der Waals surface area contributed by atoms with Crippen molar-refractivity contribution in [2.24, 2.45) is 0 Å². The smallest absolute Gasteiger partial charge is 0.130 e. The van der Waals surface area contributed by atoms with Gasteiger partial charge in [-0.1, -0.05) is 17.7 Å². The molecule has 96 valence electrons. The van der Waals surface area contributed by atoms with Crippen molar-refractivity contribution < 1.29 is 19.0 Å². The topological polar surface area (TPSA) is 38.7 Å². The summed E-state index contributed by atoms with van der Waals surface area (Å²) in [6.45, 7) is 1.32. The standard InChI is InChI=1S/C12H16ClFO3/c1-16-6-7-17-5-4-12(15)10-3-2-9(13)8-11(10)14/h2-3,8,12,15H,4-7H2,1H3. The minimum absolute atomic E-state index is 0.241. The normalized spacial score (nSPS) is 12.7. The molecule has 5 heteroatoms. The molecule has 1 rings (SSSR count). The number of rotatable bonds is 7. The first-order valence-electron chi connectivity index (χ1n) is 5.35. The van der Waals surface area contributed by atoms with Crippen molar-refractivity contribution in [2.45, 2.75) is 12.5 Å². The van der Waals surface area contributed by atoms with E-state index in [1.807, 2.05) is 0 Å². The van der Waals surface area contributed by atoms with E-state index in [0.29, 0.717) is 31.3 Å². The molecule has 0 fully saturated rings. The molecule has 0 saturated carbocycles. The van der Waals surface area contributed by atoms with Gasteiger partial charge in [0.1, 0.15) is 5.82 Å². The zero-order valence-corrected chi connectivity index (χ0v) is 10.4. The molecule has 3 nitrogen and oxygen atoms in total. The van der Waals surface area contributed by atoms with Gasteiger partial charge in [-0.3, -0.25) is 0 Å². The third-order valence-electron chi connectivity index (χ3n) is 2.29. The molecule has 0 radical (unpaired) electrons. The lowest BCUT2D eigenvalue weighted by Gasteiger charge is -2.12. The van der Waals surface area contributed by atoms with Crippen LogP contribution in [0.25, 0.3) is 0 Å².